The van der Waals surface area contributed by atoms with Gasteiger partial charge in [0.15, 0.2) is 0 Å². The second kappa shape index (κ2) is 7.79. The fraction of sp³-hybridized carbons (Fsp3) is 0.500. The summed E-state index contributed by atoms with van der Waals surface area (Å²) < 4.78 is 0.899. The number of nitrogens with zero attached hydrogens (tertiary/aromatic N) is 2. The van der Waals surface area contributed by atoms with Gasteiger partial charge in [0.05, 0.1) is 6.54 Å². The van der Waals surface area contributed by atoms with Crippen molar-refractivity contribution in [1.82, 2.24) is 15.2 Å². The van der Waals surface area contributed by atoms with E-state index in [-0.39, 0.29) is 18.3 Å². The fourth-order valence-electron chi connectivity index (χ4n) is 1.99. The molecule has 5 nitrogen and oxygen atoms in total. The molecule has 0 spiro atoms. The van der Waals surface area contributed by atoms with E-state index in [2.05, 4.69) is 43.4 Å². The zero-order valence-corrected chi connectivity index (χ0v) is 13.1. The van der Waals surface area contributed by atoms with Crippen LogP contribution in [0.25, 0.3) is 0 Å². The third-order valence-electron chi connectivity index (χ3n) is 2.81. The lowest BCUT2D eigenvalue weighted by molar-refractivity contribution is -0.117. The van der Waals surface area contributed by atoms with Crippen molar-refractivity contribution < 1.29 is 4.79 Å². The van der Waals surface area contributed by atoms with E-state index in [1.54, 1.807) is 12.3 Å². The van der Waals surface area contributed by atoms with Crippen molar-refractivity contribution in [2.45, 2.75) is 13.0 Å². The highest BCUT2D eigenvalue weighted by molar-refractivity contribution is 9.10. The highest BCUT2D eigenvalue weighted by atomic mass is 79.9. The first-order chi connectivity index (χ1) is 8.63. The number of carbonyl (C=O) groups excluding carboxylic acids is 1. The van der Waals surface area contributed by atoms with E-state index in [1.165, 1.54) is 0 Å². The molecule has 1 aliphatic rings. The Balaban J connectivity index is 0.00000180. The van der Waals surface area contributed by atoms with Crippen molar-refractivity contribution in [1.29, 1.82) is 0 Å². The van der Waals surface area contributed by atoms with Gasteiger partial charge >= 0.3 is 0 Å². The molecular formula is C12H18BrClN4O. The maximum absolute atomic E-state index is 11.8. The Bertz CT molecular complexity index is 415. The summed E-state index contributed by atoms with van der Waals surface area (Å²) in [6.07, 6.45) is 1.67. The zero-order chi connectivity index (χ0) is 13.0. The monoisotopic (exact) mass is 348 g/mol. The standard InChI is InChI=1S/C12H17BrN4O.ClH/c1-9-7-17(5-4-14-9)8-12(18)16-11-3-2-10(13)6-15-11;/h2-3,6,9,14H,4-5,7-8H2,1H3,(H,15,16,18);1H/t9-;/m0./s1. The van der Waals surface area contributed by atoms with E-state index in [1.807, 2.05) is 6.07 Å². The van der Waals surface area contributed by atoms with Crippen molar-refractivity contribution in [2.24, 2.45) is 0 Å². The van der Waals surface area contributed by atoms with Crippen LogP contribution >= 0.6 is 28.3 Å². The summed E-state index contributed by atoms with van der Waals surface area (Å²) in [5, 5.41) is 6.15. The van der Waals surface area contributed by atoms with Gasteiger partial charge in [0.1, 0.15) is 5.82 Å². The number of rotatable bonds is 3. The molecule has 1 aromatic heterocycles. The predicted molar refractivity (Wildman–Crippen MR) is 81.7 cm³/mol. The van der Waals surface area contributed by atoms with Gasteiger partial charge in [0.2, 0.25) is 5.91 Å². The molecule has 7 heteroatoms. The molecule has 2 rings (SSSR count). The first-order valence-electron chi connectivity index (χ1n) is 6.00. The van der Waals surface area contributed by atoms with Gasteiger partial charge in [-0.15, -0.1) is 12.4 Å². The normalized spacial score (nSPS) is 19.6. The van der Waals surface area contributed by atoms with Gasteiger partial charge in [0, 0.05) is 36.3 Å². The molecule has 1 saturated heterocycles. The maximum Gasteiger partial charge on any atom is 0.239 e. The fourth-order valence-corrected chi connectivity index (χ4v) is 2.23. The van der Waals surface area contributed by atoms with Crippen molar-refractivity contribution in [3.63, 3.8) is 0 Å². The number of pyridine rings is 1. The first kappa shape index (κ1) is 16.4. The summed E-state index contributed by atoms with van der Waals surface area (Å²) in [5.74, 6) is 0.574. The zero-order valence-electron chi connectivity index (χ0n) is 10.7. The second-order valence-electron chi connectivity index (χ2n) is 4.50. The maximum atomic E-state index is 11.8. The lowest BCUT2D eigenvalue weighted by Crippen LogP contribution is -2.51. The molecule has 19 heavy (non-hydrogen) atoms. The van der Waals surface area contributed by atoms with Crippen LogP contribution in [0.5, 0.6) is 0 Å². The number of amides is 1. The summed E-state index contributed by atoms with van der Waals surface area (Å²) >= 11 is 3.31. The van der Waals surface area contributed by atoms with Gasteiger partial charge in [-0.3, -0.25) is 9.69 Å². The average molecular weight is 350 g/mol. The summed E-state index contributed by atoms with van der Waals surface area (Å²) in [6.45, 7) is 5.29. The van der Waals surface area contributed by atoms with Gasteiger partial charge in [-0.05, 0) is 35.0 Å². The number of nitrogens with one attached hydrogen (secondary N) is 2. The molecule has 0 unspecified atom stereocenters. The Morgan fingerprint density at radius 1 is 1.63 bits per heavy atom. The van der Waals surface area contributed by atoms with E-state index in [0.717, 1.165) is 24.1 Å². The number of hydrogen-bond donors (Lipinski definition) is 2. The largest absolute Gasteiger partial charge is 0.312 e. The minimum absolute atomic E-state index is 0. The van der Waals surface area contributed by atoms with Crippen LogP contribution in [-0.2, 0) is 4.79 Å². The van der Waals surface area contributed by atoms with Crippen LogP contribution in [0.1, 0.15) is 6.92 Å². The van der Waals surface area contributed by atoms with Gasteiger partial charge in [-0.1, -0.05) is 0 Å². The van der Waals surface area contributed by atoms with Crippen LogP contribution in [0, 0.1) is 0 Å². The first-order valence-corrected chi connectivity index (χ1v) is 6.80. The quantitative estimate of drug-likeness (QED) is 0.868. The molecule has 2 heterocycles. The Hall–Kier alpha value is -0.690. The van der Waals surface area contributed by atoms with E-state index in [0.29, 0.717) is 18.4 Å². The minimum Gasteiger partial charge on any atom is -0.312 e. The van der Waals surface area contributed by atoms with E-state index in [9.17, 15) is 4.79 Å². The van der Waals surface area contributed by atoms with E-state index < -0.39 is 0 Å². The van der Waals surface area contributed by atoms with Crippen LogP contribution in [0.3, 0.4) is 0 Å². The second-order valence-corrected chi connectivity index (χ2v) is 5.42. The Morgan fingerprint density at radius 2 is 2.42 bits per heavy atom. The molecule has 2 N–H and O–H groups in total. The van der Waals surface area contributed by atoms with E-state index >= 15 is 0 Å². The summed E-state index contributed by atoms with van der Waals surface area (Å²) in [4.78, 5) is 18.1. The molecule has 1 atom stereocenters. The Kier molecular flexibility index (Phi) is 6.71. The number of carbonyl (C=O) groups is 1. The molecule has 0 bridgehead atoms. The van der Waals surface area contributed by atoms with Crippen LogP contribution in [-0.4, -0.2) is 48.0 Å². The van der Waals surface area contributed by atoms with Gasteiger partial charge in [-0.25, -0.2) is 4.98 Å². The number of halogens is 2. The number of anilines is 1. The molecular weight excluding hydrogens is 332 g/mol. The molecule has 0 saturated carbocycles. The third kappa shape index (κ3) is 5.44. The number of hydrogen-bond acceptors (Lipinski definition) is 4. The molecule has 0 aromatic carbocycles. The summed E-state index contributed by atoms with van der Waals surface area (Å²) in [7, 11) is 0. The van der Waals surface area contributed by atoms with Gasteiger partial charge in [-0.2, -0.15) is 0 Å². The average Bonchev–Trinajstić information content (AvgIpc) is 2.32. The van der Waals surface area contributed by atoms with Crippen LogP contribution in [0.2, 0.25) is 0 Å². The third-order valence-corrected chi connectivity index (χ3v) is 3.28. The molecule has 0 aliphatic carbocycles. The Labute approximate surface area is 127 Å². The SMILES string of the molecule is C[C@H]1CN(CC(=O)Nc2ccc(Br)cn2)CCN1.Cl. The van der Waals surface area contributed by atoms with Crippen LogP contribution in [0.4, 0.5) is 5.82 Å². The van der Waals surface area contributed by atoms with Gasteiger partial charge in [0.25, 0.3) is 0 Å². The van der Waals surface area contributed by atoms with Crippen molar-refractivity contribution >= 4 is 40.1 Å². The molecule has 0 radical (unpaired) electrons. The highest BCUT2D eigenvalue weighted by Crippen LogP contribution is 2.10. The topological polar surface area (TPSA) is 57.3 Å². The Morgan fingerprint density at radius 3 is 3.05 bits per heavy atom. The molecule has 1 fully saturated rings. The van der Waals surface area contributed by atoms with Crippen molar-refractivity contribution in [3.05, 3.63) is 22.8 Å². The van der Waals surface area contributed by atoms with Crippen LogP contribution < -0.4 is 10.6 Å². The minimum atomic E-state index is -0.0149. The number of piperazine rings is 1. The molecule has 1 aromatic rings. The highest BCUT2D eigenvalue weighted by Gasteiger charge is 2.17. The van der Waals surface area contributed by atoms with E-state index in [4.69, 9.17) is 0 Å². The van der Waals surface area contributed by atoms with Crippen LogP contribution in [0.15, 0.2) is 22.8 Å². The molecule has 106 valence electrons. The lowest BCUT2D eigenvalue weighted by Gasteiger charge is -2.31. The summed E-state index contributed by atoms with van der Waals surface area (Å²) in [6, 6.07) is 4.08. The van der Waals surface area contributed by atoms with Crippen molar-refractivity contribution in [3.8, 4) is 0 Å². The predicted octanol–water partition coefficient (Wildman–Crippen LogP) is 1.50. The molecule has 1 aliphatic heterocycles. The molecule has 1 amide bonds. The number of aromatic nitrogens is 1. The smallest absolute Gasteiger partial charge is 0.239 e. The van der Waals surface area contributed by atoms with Gasteiger partial charge < -0.3 is 10.6 Å². The lowest BCUT2D eigenvalue weighted by atomic mass is 10.2. The summed E-state index contributed by atoms with van der Waals surface area (Å²) in [5.41, 5.74) is 0. The van der Waals surface area contributed by atoms with Crippen molar-refractivity contribution in [2.75, 3.05) is 31.5 Å².